The van der Waals surface area contributed by atoms with Gasteiger partial charge in [-0.15, -0.1) is 5.10 Å². The molecule has 1 aromatic heterocycles. The van der Waals surface area contributed by atoms with Crippen molar-refractivity contribution in [2.75, 3.05) is 33.2 Å². The van der Waals surface area contributed by atoms with Crippen LogP contribution in [0.25, 0.3) is 5.69 Å². The number of likely N-dealkylation sites (N-methyl/N-ethyl adjacent to an activating group) is 1. The zero-order valence-corrected chi connectivity index (χ0v) is 17.8. The molecule has 1 saturated heterocycles. The van der Waals surface area contributed by atoms with Crippen molar-refractivity contribution in [1.82, 2.24) is 30.1 Å². The minimum Gasteiger partial charge on any atom is -0.309 e. The van der Waals surface area contributed by atoms with Gasteiger partial charge in [0.1, 0.15) is 5.82 Å². The second-order valence-electron chi connectivity index (χ2n) is 7.75. The van der Waals surface area contributed by atoms with Crippen molar-refractivity contribution in [3.05, 3.63) is 76.8 Å². The van der Waals surface area contributed by atoms with Crippen LogP contribution in [0.3, 0.4) is 0 Å². The van der Waals surface area contributed by atoms with E-state index in [4.69, 9.17) is 11.6 Å². The third-order valence-electron chi connectivity index (χ3n) is 5.42. The molecule has 2 heterocycles. The highest BCUT2D eigenvalue weighted by atomic mass is 35.5. The van der Waals surface area contributed by atoms with Gasteiger partial charge < -0.3 is 10.2 Å². The third-order valence-corrected chi connectivity index (χ3v) is 5.72. The first-order chi connectivity index (χ1) is 14.6. The quantitative estimate of drug-likeness (QED) is 0.627. The van der Waals surface area contributed by atoms with Crippen LogP contribution >= 0.6 is 11.6 Å². The van der Waals surface area contributed by atoms with E-state index in [0.717, 1.165) is 38.4 Å². The van der Waals surface area contributed by atoms with E-state index >= 15 is 0 Å². The summed E-state index contributed by atoms with van der Waals surface area (Å²) >= 11 is 6.12. The highest BCUT2D eigenvalue weighted by Crippen LogP contribution is 2.20. The summed E-state index contributed by atoms with van der Waals surface area (Å²) in [6.45, 7) is 5.59. The van der Waals surface area contributed by atoms with Crippen molar-refractivity contribution in [1.29, 1.82) is 0 Å². The number of halogens is 2. The number of nitrogens with one attached hydrogen (secondary N) is 1. The Hall–Kier alpha value is -2.32. The summed E-state index contributed by atoms with van der Waals surface area (Å²) in [7, 11) is 2.17. The summed E-state index contributed by atoms with van der Waals surface area (Å²) in [6, 6.07) is 15.3. The monoisotopic (exact) mass is 428 g/mol. The molecule has 0 amide bonds. The molecule has 0 spiro atoms. The Morgan fingerprint density at radius 3 is 2.80 bits per heavy atom. The van der Waals surface area contributed by atoms with E-state index in [-0.39, 0.29) is 5.82 Å². The fourth-order valence-electron chi connectivity index (χ4n) is 3.80. The largest absolute Gasteiger partial charge is 0.309 e. The Kier molecular flexibility index (Phi) is 6.74. The molecule has 2 aromatic carbocycles. The topological polar surface area (TPSA) is 49.2 Å². The van der Waals surface area contributed by atoms with E-state index in [1.807, 2.05) is 6.20 Å². The van der Waals surface area contributed by atoms with Gasteiger partial charge in [0, 0.05) is 45.3 Å². The number of hydrogen-bond donors (Lipinski definition) is 1. The molecule has 1 N–H and O–H groups in total. The summed E-state index contributed by atoms with van der Waals surface area (Å²) in [4.78, 5) is 4.91. The average Bonchev–Trinajstić information content (AvgIpc) is 3.19. The smallest absolute Gasteiger partial charge is 0.124 e. The molecular weight excluding hydrogens is 403 g/mol. The summed E-state index contributed by atoms with van der Waals surface area (Å²) in [5.41, 5.74) is 2.76. The standard InChI is InChI=1S/C22H26ClFN6/c1-28-9-10-29(14-17-5-3-2-4-6-17)20(16-28)13-25-12-19-15-30(27-26-19)22-8-7-18(24)11-21(22)23/h2-8,11,15,20,25H,9-10,12-14,16H2,1H3. The predicted octanol–water partition coefficient (Wildman–Crippen LogP) is 2.97. The molecule has 0 saturated carbocycles. The average molecular weight is 429 g/mol. The van der Waals surface area contributed by atoms with Gasteiger partial charge in [-0.25, -0.2) is 9.07 Å². The first-order valence-corrected chi connectivity index (χ1v) is 10.5. The van der Waals surface area contributed by atoms with Crippen LogP contribution in [-0.4, -0.2) is 64.1 Å². The molecule has 0 bridgehead atoms. The number of piperazine rings is 1. The second kappa shape index (κ2) is 9.66. The molecule has 1 aliphatic heterocycles. The van der Waals surface area contributed by atoms with Crippen molar-refractivity contribution >= 4 is 11.6 Å². The van der Waals surface area contributed by atoms with Crippen LogP contribution < -0.4 is 5.32 Å². The molecule has 1 fully saturated rings. The highest BCUT2D eigenvalue weighted by molar-refractivity contribution is 6.32. The SMILES string of the molecule is CN1CCN(Cc2ccccc2)C(CNCc2cn(-c3ccc(F)cc3Cl)nn2)C1. The summed E-state index contributed by atoms with van der Waals surface area (Å²) in [5, 5.41) is 12.2. The lowest BCUT2D eigenvalue weighted by atomic mass is 10.1. The van der Waals surface area contributed by atoms with Crippen molar-refractivity contribution in [3.63, 3.8) is 0 Å². The van der Waals surface area contributed by atoms with E-state index in [1.165, 1.54) is 17.7 Å². The van der Waals surface area contributed by atoms with Gasteiger partial charge in [-0.1, -0.05) is 47.1 Å². The number of hydrogen-bond acceptors (Lipinski definition) is 5. The Labute approximate surface area is 181 Å². The fraction of sp³-hybridized carbons (Fsp3) is 0.364. The lowest BCUT2D eigenvalue weighted by Gasteiger charge is -2.40. The van der Waals surface area contributed by atoms with Crippen LogP contribution in [0.4, 0.5) is 4.39 Å². The van der Waals surface area contributed by atoms with Crippen LogP contribution in [0.2, 0.25) is 5.02 Å². The van der Waals surface area contributed by atoms with E-state index in [9.17, 15) is 4.39 Å². The Bertz CT molecular complexity index is 963. The number of aromatic nitrogens is 3. The van der Waals surface area contributed by atoms with Crippen LogP contribution in [0.5, 0.6) is 0 Å². The van der Waals surface area contributed by atoms with Gasteiger partial charge in [-0.2, -0.15) is 0 Å². The van der Waals surface area contributed by atoms with Gasteiger partial charge in [0.15, 0.2) is 0 Å². The minimum atomic E-state index is -0.372. The van der Waals surface area contributed by atoms with Gasteiger partial charge in [0.05, 0.1) is 22.6 Å². The molecule has 158 valence electrons. The number of nitrogens with zero attached hydrogens (tertiary/aromatic N) is 5. The third kappa shape index (κ3) is 5.23. The maximum Gasteiger partial charge on any atom is 0.124 e. The van der Waals surface area contributed by atoms with Crippen molar-refractivity contribution < 1.29 is 4.39 Å². The van der Waals surface area contributed by atoms with Gasteiger partial charge in [0.25, 0.3) is 0 Å². The first kappa shape index (κ1) is 20.9. The fourth-order valence-corrected chi connectivity index (χ4v) is 4.05. The van der Waals surface area contributed by atoms with Crippen LogP contribution in [0, 0.1) is 5.82 Å². The maximum absolute atomic E-state index is 13.3. The first-order valence-electron chi connectivity index (χ1n) is 10.1. The molecule has 1 atom stereocenters. The molecule has 3 aromatic rings. The second-order valence-corrected chi connectivity index (χ2v) is 8.16. The lowest BCUT2D eigenvalue weighted by Crippen LogP contribution is -2.54. The van der Waals surface area contributed by atoms with Gasteiger partial charge in [0.2, 0.25) is 0 Å². The van der Waals surface area contributed by atoms with Crippen molar-refractivity contribution in [2.45, 2.75) is 19.1 Å². The summed E-state index contributed by atoms with van der Waals surface area (Å²) < 4.78 is 14.8. The number of rotatable bonds is 7. The molecule has 1 unspecified atom stereocenters. The van der Waals surface area contributed by atoms with E-state index in [0.29, 0.717) is 23.3 Å². The summed E-state index contributed by atoms with van der Waals surface area (Å²) in [6.07, 6.45) is 1.82. The normalized spacial score (nSPS) is 18.0. The molecule has 4 rings (SSSR count). The molecule has 30 heavy (non-hydrogen) atoms. The maximum atomic E-state index is 13.3. The molecular formula is C22H26ClFN6. The molecule has 1 aliphatic rings. The molecule has 0 radical (unpaired) electrons. The Morgan fingerprint density at radius 1 is 1.17 bits per heavy atom. The summed E-state index contributed by atoms with van der Waals surface area (Å²) in [5.74, 6) is -0.372. The van der Waals surface area contributed by atoms with Crippen LogP contribution in [0.15, 0.2) is 54.7 Å². The Morgan fingerprint density at radius 2 is 2.00 bits per heavy atom. The zero-order valence-electron chi connectivity index (χ0n) is 17.0. The highest BCUT2D eigenvalue weighted by Gasteiger charge is 2.25. The van der Waals surface area contributed by atoms with Crippen molar-refractivity contribution in [3.8, 4) is 5.69 Å². The van der Waals surface area contributed by atoms with Gasteiger partial charge >= 0.3 is 0 Å². The van der Waals surface area contributed by atoms with Crippen LogP contribution in [-0.2, 0) is 13.1 Å². The van der Waals surface area contributed by atoms with E-state index in [1.54, 1.807) is 10.7 Å². The predicted molar refractivity (Wildman–Crippen MR) is 116 cm³/mol. The lowest BCUT2D eigenvalue weighted by molar-refractivity contribution is 0.0827. The van der Waals surface area contributed by atoms with Crippen LogP contribution in [0.1, 0.15) is 11.3 Å². The zero-order chi connectivity index (χ0) is 20.9. The Balaban J connectivity index is 1.34. The van der Waals surface area contributed by atoms with Gasteiger partial charge in [-0.05, 0) is 30.8 Å². The van der Waals surface area contributed by atoms with Crippen molar-refractivity contribution in [2.24, 2.45) is 0 Å². The van der Waals surface area contributed by atoms with Gasteiger partial charge in [-0.3, -0.25) is 4.90 Å². The minimum absolute atomic E-state index is 0.307. The molecule has 6 nitrogen and oxygen atoms in total. The molecule has 8 heteroatoms. The van der Waals surface area contributed by atoms with E-state index in [2.05, 4.69) is 62.8 Å². The number of benzene rings is 2. The van der Waals surface area contributed by atoms with E-state index < -0.39 is 0 Å². The molecule has 0 aliphatic carbocycles.